The van der Waals surface area contributed by atoms with Gasteiger partial charge < -0.3 is 9.84 Å². The van der Waals surface area contributed by atoms with Gasteiger partial charge in [-0.1, -0.05) is 61.9 Å². The Kier molecular flexibility index (Phi) is 5.87. The molecule has 0 saturated carbocycles. The van der Waals surface area contributed by atoms with E-state index in [4.69, 9.17) is 4.74 Å². The summed E-state index contributed by atoms with van der Waals surface area (Å²) in [5, 5.41) is 11.7. The maximum atomic E-state index is 12.3. The van der Waals surface area contributed by atoms with E-state index in [1.807, 2.05) is 36.4 Å². The molecule has 0 unspecified atom stereocenters. The summed E-state index contributed by atoms with van der Waals surface area (Å²) < 4.78 is 5.12. The number of phenols is 1. The number of phenolic OH excluding ortho intramolecular Hbond substituents is 1. The van der Waals surface area contributed by atoms with Crippen LogP contribution in [0.2, 0.25) is 0 Å². The minimum Gasteiger partial charge on any atom is -0.507 e. The van der Waals surface area contributed by atoms with Crippen LogP contribution in [-0.2, 0) is 11.2 Å². The SMILES string of the molecule is CCCCc1ccc(C(=O)COC(=O)c2cc3ccccc3cc2O)cc1. The molecule has 0 spiro atoms. The second-order valence-electron chi connectivity index (χ2n) is 6.52. The maximum absolute atomic E-state index is 12.3. The van der Waals surface area contributed by atoms with Gasteiger partial charge in [0.25, 0.3) is 0 Å². The molecule has 1 N–H and O–H groups in total. The molecule has 138 valence electrons. The quantitative estimate of drug-likeness (QED) is 0.478. The van der Waals surface area contributed by atoms with Crippen LogP contribution in [0, 0.1) is 0 Å². The average molecular weight is 362 g/mol. The highest BCUT2D eigenvalue weighted by Gasteiger charge is 2.16. The van der Waals surface area contributed by atoms with Crippen LogP contribution in [0.4, 0.5) is 0 Å². The zero-order valence-electron chi connectivity index (χ0n) is 15.3. The summed E-state index contributed by atoms with van der Waals surface area (Å²) in [5.41, 5.74) is 1.74. The van der Waals surface area contributed by atoms with Crippen LogP contribution in [0.5, 0.6) is 5.75 Å². The molecule has 3 rings (SSSR count). The van der Waals surface area contributed by atoms with Crippen LogP contribution in [0.25, 0.3) is 10.8 Å². The number of carbonyl (C=O) groups excluding carboxylic acids is 2. The topological polar surface area (TPSA) is 63.6 Å². The molecule has 3 aromatic rings. The Morgan fingerprint density at radius 3 is 2.30 bits per heavy atom. The lowest BCUT2D eigenvalue weighted by Gasteiger charge is -2.08. The Balaban J connectivity index is 1.65. The lowest BCUT2D eigenvalue weighted by Crippen LogP contribution is -2.14. The van der Waals surface area contributed by atoms with Crippen LogP contribution in [0.1, 0.15) is 46.0 Å². The highest BCUT2D eigenvalue weighted by molar-refractivity contribution is 6.01. The van der Waals surface area contributed by atoms with Gasteiger partial charge in [-0.25, -0.2) is 4.79 Å². The number of unbranched alkanes of at least 4 members (excludes halogenated alkanes) is 1. The Morgan fingerprint density at radius 2 is 1.63 bits per heavy atom. The third kappa shape index (κ3) is 4.53. The summed E-state index contributed by atoms with van der Waals surface area (Å²) >= 11 is 0. The monoisotopic (exact) mass is 362 g/mol. The summed E-state index contributed by atoms with van der Waals surface area (Å²) in [5.74, 6) is -1.15. The number of carbonyl (C=O) groups is 2. The second-order valence-corrected chi connectivity index (χ2v) is 6.52. The number of fused-ring (bicyclic) bond motifs is 1. The molecule has 0 atom stereocenters. The fourth-order valence-corrected chi connectivity index (χ4v) is 2.92. The predicted octanol–water partition coefficient (Wildman–Crippen LogP) is 4.93. The van der Waals surface area contributed by atoms with E-state index in [1.165, 1.54) is 11.6 Å². The number of aryl methyl sites for hydroxylation is 1. The van der Waals surface area contributed by atoms with Crippen molar-refractivity contribution in [1.29, 1.82) is 0 Å². The molecule has 0 amide bonds. The van der Waals surface area contributed by atoms with Crippen molar-refractivity contribution in [2.24, 2.45) is 0 Å². The summed E-state index contributed by atoms with van der Waals surface area (Å²) in [4.78, 5) is 24.5. The maximum Gasteiger partial charge on any atom is 0.342 e. The number of Topliss-reactive ketones (excluding diaryl/α,β-unsaturated/α-hetero) is 1. The first kappa shape index (κ1) is 18.6. The zero-order valence-corrected chi connectivity index (χ0v) is 15.3. The van der Waals surface area contributed by atoms with Gasteiger partial charge in [-0.05, 0) is 41.3 Å². The van der Waals surface area contributed by atoms with Crippen molar-refractivity contribution in [3.05, 3.63) is 77.4 Å². The predicted molar refractivity (Wildman–Crippen MR) is 105 cm³/mol. The average Bonchev–Trinajstić information content (AvgIpc) is 2.70. The van der Waals surface area contributed by atoms with Gasteiger partial charge in [-0.2, -0.15) is 0 Å². The Morgan fingerprint density at radius 1 is 0.963 bits per heavy atom. The third-order valence-electron chi connectivity index (χ3n) is 4.51. The van der Waals surface area contributed by atoms with Gasteiger partial charge in [0.2, 0.25) is 0 Å². The summed E-state index contributed by atoms with van der Waals surface area (Å²) in [7, 11) is 0. The molecule has 0 bridgehead atoms. The number of aromatic hydroxyl groups is 1. The van der Waals surface area contributed by atoms with Crippen LogP contribution in [0.15, 0.2) is 60.7 Å². The van der Waals surface area contributed by atoms with Crippen molar-refractivity contribution in [2.45, 2.75) is 26.2 Å². The highest BCUT2D eigenvalue weighted by atomic mass is 16.5. The summed E-state index contributed by atoms with van der Waals surface area (Å²) in [6.07, 6.45) is 3.22. The minimum atomic E-state index is -0.717. The molecule has 27 heavy (non-hydrogen) atoms. The number of rotatable bonds is 7. The van der Waals surface area contributed by atoms with Crippen LogP contribution >= 0.6 is 0 Å². The van der Waals surface area contributed by atoms with Gasteiger partial charge in [0.05, 0.1) is 0 Å². The van der Waals surface area contributed by atoms with Crippen molar-refractivity contribution in [2.75, 3.05) is 6.61 Å². The van der Waals surface area contributed by atoms with Crippen LogP contribution in [-0.4, -0.2) is 23.5 Å². The number of benzene rings is 3. The Labute approximate surface area is 158 Å². The van der Waals surface area contributed by atoms with E-state index in [0.29, 0.717) is 5.56 Å². The van der Waals surface area contributed by atoms with E-state index in [2.05, 4.69) is 6.92 Å². The van der Waals surface area contributed by atoms with E-state index in [1.54, 1.807) is 18.2 Å². The van der Waals surface area contributed by atoms with Gasteiger partial charge in [-0.3, -0.25) is 4.79 Å². The molecular formula is C23H22O4. The molecule has 0 aliphatic carbocycles. The van der Waals surface area contributed by atoms with Crippen molar-refractivity contribution < 1.29 is 19.4 Å². The van der Waals surface area contributed by atoms with Gasteiger partial charge in [-0.15, -0.1) is 0 Å². The molecule has 0 fully saturated rings. The lowest BCUT2D eigenvalue weighted by atomic mass is 10.0. The van der Waals surface area contributed by atoms with Gasteiger partial charge >= 0.3 is 5.97 Å². The van der Waals surface area contributed by atoms with Gasteiger partial charge in [0, 0.05) is 5.56 Å². The molecule has 0 aliphatic heterocycles. The molecule has 0 aliphatic rings. The first-order valence-corrected chi connectivity index (χ1v) is 9.09. The smallest absolute Gasteiger partial charge is 0.342 e. The molecule has 4 heteroatoms. The fourth-order valence-electron chi connectivity index (χ4n) is 2.92. The van der Waals surface area contributed by atoms with Crippen LogP contribution in [0.3, 0.4) is 0 Å². The normalized spacial score (nSPS) is 10.7. The molecule has 0 aromatic heterocycles. The number of esters is 1. The molecule has 0 radical (unpaired) electrons. The lowest BCUT2D eigenvalue weighted by molar-refractivity contribution is 0.0472. The second kappa shape index (κ2) is 8.49. The van der Waals surface area contributed by atoms with Crippen molar-refractivity contribution in [3.8, 4) is 5.75 Å². The molecule has 0 saturated heterocycles. The Bertz CT molecular complexity index is 958. The number of hydrogen-bond donors (Lipinski definition) is 1. The van der Waals surface area contributed by atoms with E-state index >= 15 is 0 Å². The Hall–Kier alpha value is -3.14. The van der Waals surface area contributed by atoms with Crippen molar-refractivity contribution in [1.82, 2.24) is 0 Å². The fraction of sp³-hybridized carbons (Fsp3) is 0.217. The first-order valence-electron chi connectivity index (χ1n) is 9.09. The molecule has 0 heterocycles. The van der Waals surface area contributed by atoms with E-state index < -0.39 is 5.97 Å². The molecule has 4 nitrogen and oxygen atoms in total. The molecule has 3 aromatic carbocycles. The van der Waals surface area contributed by atoms with Gasteiger partial charge in [0.1, 0.15) is 11.3 Å². The number of ketones is 1. The highest BCUT2D eigenvalue weighted by Crippen LogP contribution is 2.25. The van der Waals surface area contributed by atoms with E-state index in [-0.39, 0.29) is 23.7 Å². The minimum absolute atomic E-state index is 0.0522. The molecular weight excluding hydrogens is 340 g/mol. The summed E-state index contributed by atoms with van der Waals surface area (Å²) in [6.45, 7) is 1.78. The van der Waals surface area contributed by atoms with Crippen LogP contribution < -0.4 is 0 Å². The van der Waals surface area contributed by atoms with Crippen molar-refractivity contribution >= 4 is 22.5 Å². The zero-order chi connectivity index (χ0) is 19.2. The number of hydrogen-bond acceptors (Lipinski definition) is 4. The summed E-state index contributed by atoms with van der Waals surface area (Å²) in [6, 6.07) is 17.9. The van der Waals surface area contributed by atoms with Crippen molar-refractivity contribution in [3.63, 3.8) is 0 Å². The first-order chi connectivity index (χ1) is 13.1. The standard InChI is InChI=1S/C23H22O4/c1-2-3-6-16-9-11-17(12-10-16)22(25)15-27-23(26)20-13-18-7-4-5-8-19(18)14-21(20)24/h4-5,7-14,24H,2-3,6,15H2,1H3. The van der Waals surface area contributed by atoms with Gasteiger partial charge in [0.15, 0.2) is 12.4 Å². The largest absolute Gasteiger partial charge is 0.507 e. The van der Waals surface area contributed by atoms with E-state index in [0.717, 1.165) is 30.0 Å². The number of ether oxygens (including phenoxy) is 1. The third-order valence-corrected chi connectivity index (χ3v) is 4.51. The van der Waals surface area contributed by atoms with E-state index in [9.17, 15) is 14.7 Å².